The molecule has 4 rings (SSSR count). The predicted molar refractivity (Wildman–Crippen MR) is 109 cm³/mol. The molecule has 1 amide bonds. The lowest BCUT2D eigenvalue weighted by molar-refractivity contribution is 0.102. The van der Waals surface area contributed by atoms with Crippen LogP contribution in [0.2, 0.25) is 0 Å². The van der Waals surface area contributed by atoms with Gasteiger partial charge in [0.25, 0.3) is 15.9 Å². The van der Waals surface area contributed by atoms with Gasteiger partial charge >= 0.3 is 0 Å². The molecule has 0 aliphatic carbocycles. The van der Waals surface area contributed by atoms with Gasteiger partial charge in [-0.05, 0) is 44.2 Å². The minimum Gasteiger partial charge on any atom is -0.360 e. The van der Waals surface area contributed by atoms with Crippen molar-refractivity contribution in [2.45, 2.75) is 18.7 Å². The third-order valence-electron chi connectivity index (χ3n) is 4.51. The number of hydrogen-bond acceptors (Lipinski definition) is 5. The number of halogens is 1. The highest BCUT2D eigenvalue weighted by atomic mass is 32.2. The van der Waals surface area contributed by atoms with Crippen LogP contribution < -0.4 is 10.0 Å². The smallest absolute Gasteiger partial charge is 0.274 e. The number of benzene rings is 2. The van der Waals surface area contributed by atoms with Gasteiger partial charge in [-0.3, -0.25) is 9.52 Å². The van der Waals surface area contributed by atoms with Gasteiger partial charge in [0, 0.05) is 16.6 Å². The van der Waals surface area contributed by atoms with Crippen LogP contribution in [-0.4, -0.2) is 24.5 Å². The van der Waals surface area contributed by atoms with Gasteiger partial charge < -0.3 is 14.8 Å². The summed E-state index contributed by atoms with van der Waals surface area (Å²) in [7, 11) is -4.08. The number of amides is 1. The summed E-state index contributed by atoms with van der Waals surface area (Å²) in [4.78, 5) is 15.7. The maximum absolute atomic E-state index is 13.1. The van der Waals surface area contributed by atoms with Crippen LogP contribution in [-0.2, 0) is 10.0 Å². The van der Waals surface area contributed by atoms with Crippen LogP contribution in [0.3, 0.4) is 0 Å². The first-order valence-corrected chi connectivity index (χ1v) is 10.4. The average Bonchev–Trinajstić information content (AvgIpc) is 3.23. The van der Waals surface area contributed by atoms with E-state index in [0.717, 1.165) is 0 Å². The number of aromatic amines is 1. The van der Waals surface area contributed by atoms with Gasteiger partial charge in [0.05, 0.1) is 5.69 Å². The molecular weight excluding hydrogens is 411 g/mol. The molecule has 0 aliphatic heterocycles. The molecule has 0 saturated carbocycles. The second-order valence-electron chi connectivity index (χ2n) is 6.64. The number of anilines is 2. The normalized spacial score (nSPS) is 11.6. The zero-order valence-corrected chi connectivity index (χ0v) is 16.8. The summed E-state index contributed by atoms with van der Waals surface area (Å²) in [5, 5.41) is 6.82. The summed E-state index contributed by atoms with van der Waals surface area (Å²) in [6.07, 6.45) is 0. The van der Waals surface area contributed by atoms with Gasteiger partial charge in [0.15, 0.2) is 10.7 Å². The molecule has 2 aromatic heterocycles. The largest absolute Gasteiger partial charge is 0.360 e. The summed E-state index contributed by atoms with van der Waals surface area (Å²) in [5.41, 5.74) is 1.23. The average molecular weight is 428 g/mol. The molecule has 2 aromatic carbocycles. The molecule has 0 saturated heterocycles. The quantitative estimate of drug-likeness (QED) is 0.445. The van der Waals surface area contributed by atoms with E-state index in [1.165, 1.54) is 38.1 Å². The lowest BCUT2D eigenvalue weighted by atomic mass is 10.2. The van der Waals surface area contributed by atoms with Gasteiger partial charge in [0.1, 0.15) is 17.2 Å². The van der Waals surface area contributed by atoms with E-state index in [2.05, 4.69) is 20.2 Å². The van der Waals surface area contributed by atoms with Crippen LogP contribution in [0.25, 0.3) is 10.9 Å². The topological polar surface area (TPSA) is 117 Å². The molecule has 0 aliphatic rings. The molecule has 0 fully saturated rings. The first kappa shape index (κ1) is 19.6. The van der Waals surface area contributed by atoms with Gasteiger partial charge in [0.2, 0.25) is 0 Å². The summed E-state index contributed by atoms with van der Waals surface area (Å²) in [5.74, 6) is -0.891. The molecule has 4 aromatic rings. The lowest BCUT2D eigenvalue weighted by Crippen LogP contribution is -2.19. The van der Waals surface area contributed by atoms with E-state index in [9.17, 15) is 17.6 Å². The monoisotopic (exact) mass is 428 g/mol. The number of carbonyl (C=O) groups is 1. The van der Waals surface area contributed by atoms with E-state index in [4.69, 9.17) is 4.52 Å². The van der Waals surface area contributed by atoms with Crippen molar-refractivity contribution in [1.29, 1.82) is 0 Å². The highest BCUT2D eigenvalue weighted by Crippen LogP contribution is 2.31. The zero-order chi connectivity index (χ0) is 21.5. The third kappa shape index (κ3) is 3.52. The second kappa shape index (κ2) is 7.30. The number of fused-ring (bicyclic) bond motifs is 1. The van der Waals surface area contributed by atoms with E-state index < -0.39 is 21.7 Å². The molecule has 10 heteroatoms. The number of hydrogen-bond donors (Lipinski definition) is 3. The Morgan fingerprint density at radius 1 is 1.10 bits per heavy atom. The number of sulfonamides is 1. The Labute approximate surface area is 171 Å². The number of para-hydroxylation sites is 1. The standard InChI is InChI=1S/C20H17FN4O4S/c1-11-19(12(2)29-24-11)30(27,28)25-17-15-5-3-4-6-16(15)23-18(17)20(26)22-14-9-7-13(21)8-10-14/h3-10,23,25H,1-2H3,(H,22,26). The van der Waals surface area contributed by atoms with Crippen LogP contribution in [0.5, 0.6) is 0 Å². The van der Waals surface area contributed by atoms with Crippen LogP contribution in [0.1, 0.15) is 21.9 Å². The van der Waals surface area contributed by atoms with Crippen molar-refractivity contribution in [3.05, 3.63) is 71.5 Å². The Kier molecular flexibility index (Phi) is 4.78. The summed E-state index contributed by atoms with van der Waals surface area (Å²) in [6.45, 7) is 3.01. The Morgan fingerprint density at radius 3 is 2.47 bits per heavy atom. The van der Waals surface area contributed by atoms with Crippen LogP contribution in [0, 0.1) is 19.7 Å². The molecule has 3 N–H and O–H groups in total. The lowest BCUT2D eigenvalue weighted by Gasteiger charge is -2.10. The van der Waals surface area contributed by atoms with Crippen molar-refractivity contribution in [1.82, 2.24) is 10.1 Å². The molecule has 0 radical (unpaired) electrons. The van der Waals surface area contributed by atoms with E-state index in [1.54, 1.807) is 24.3 Å². The minimum atomic E-state index is -4.08. The fourth-order valence-electron chi connectivity index (χ4n) is 3.19. The van der Waals surface area contributed by atoms with Crippen LogP contribution in [0.4, 0.5) is 15.8 Å². The number of aromatic nitrogens is 2. The van der Waals surface area contributed by atoms with Crippen molar-refractivity contribution in [3.63, 3.8) is 0 Å². The Balaban J connectivity index is 1.77. The second-order valence-corrected chi connectivity index (χ2v) is 8.26. The van der Waals surface area contributed by atoms with E-state index in [1.807, 2.05) is 0 Å². The van der Waals surface area contributed by atoms with Gasteiger partial charge in [-0.1, -0.05) is 23.4 Å². The zero-order valence-electron chi connectivity index (χ0n) is 16.0. The Morgan fingerprint density at radius 2 is 1.80 bits per heavy atom. The first-order chi connectivity index (χ1) is 14.3. The molecule has 0 atom stereocenters. The fraction of sp³-hybridized carbons (Fsp3) is 0.100. The first-order valence-electron chi connectivity index (χ1n) is 8.89. The number of aryl methyl sites for hydroxylation is 2. The SMILES string of the molecule is Cc1noc(C)c1S(=O)(=O)Nc1c(C(=O)Nc2ccc(F)cc2)[nH]c2ccccc12. The molecule has 0 spiro atoms. The molecule has 2 heterocycles. The summed E-state index contributed by atoms with van der Waals surface area (Å²) < 4.78 is 46.6. The number of nitrogens with one attached hydrogen (secondary N) is 3. The number of H-pyrrole nitrogens is 1. The molecule has 154 valence electrons. The maximum atomic E-state index is 13.1. The minimum absolute atomic E-state index is 0.0101. The van der Waals surface area contributed by atoms with Crippen molar-refractivity contribution < 1.29 is 22.1 Å². The maximum Gasteiger partial charge on any atom is 0.274 e. The summed E-state index contributed by atoms with van der Waals surface area (Å²) in [6, 6.07) is 12.1. The predicted octanol–water partition coefficient (Wildman–Crippen LogP) is 3.96. The van der Waals surface area contributed by atoms with E-state index in [-0.39, 0.29) is 27.7 Å². The summed E-state index contributed by atoms with van der Waals surface area (Å²) >= 11 is 0. The molecule has 8 nitrogen and oxygen atoms in total. The van der Waals surface area contributed by atoms with E-state index in [0.29, 0.717) is 16.6 Å². The fourth-order valence-corrected chi connectivity index (χ4v) is 4.61. The van der Waals surface area contributed by atoms with Gasteiger partial charge in [-0.25, -0.2) is 12.8 Å². The molecule has 0 bridgehead atoms. The Bertz CT molecular complexity index is 1340. The highest BCUT2D eigenvalue weighted by Gasteiger charge is 2.28. The van der Waals surface area contributed by atoms with E-state index >= 15 is 0 Å². The van der Waals surface area contributed by atoms with Gasteiger partial charge in [-0.15, -0.1) is 0 Å². The van der Waals surface area contributed by atoms with Crippen LogP contribution in [0.15, 0.2) is 57.9 Å². The molecule has 30 heavy (non-hydrogen) atoms. The van der Waals surface area contributed by atoms with Gasteiger partial charge in [-0.2, -0.15) is 0 Å². The number of carbonyl (C=O) groups excluding carboxylic acids is 1. The van der Waals surface area contributed by atoms with Crippen molar-refractivity contribution in [2.24, 2.45) is 0 Å². The van der Waals surface area contributed by atoms with Crippen molar-refractivity contribution in [2.75, 3.05) is 10.0 Å². The number of rotatable bonds is 5. The number of nitrogens with zero attached hydrogens (tertiary/aromatic N) is 1. The highest BCUT2D eigenvalue weighted by molar-refractivity contribution is 7.92. The third-order valence-corrected chi connectivity index (χ3v) is 6.10. The van der Waals surface area contributed by atoms with Crippen molar-refractivity contribution in [3.8, 4) is 0 Å². The molecular formula is C20H17FN4O4S. The molecule has 0 unspecified atom stereocenters. The van der Waals surface area contributed by atoms with Crippen molar-refractivity contribution >= 4 is 38.2 Å². The van der Waals surface area contributed by atoms with Crippen LogP contribution >= 0.6 is 0 Å². The Hall–Kier alpha value is -3.66.